The van der Waals surface area contributed by atoms with Gasteiger partial charge in [-0.15, -0.1) is 11.3 Å². The van der Waals surface area contributed by atoms with Gasteiger partial charge in [0.15, 0.2) is 0 Å². The van der Waals surface area contributed by atoms with Gasteiger partial charge in [0.05, 0.1) is 4.34 Å². The lowest BCUT2D eigenvalue weighted by molar-refractivity contribution is 0.500. The van der Waals surface area contributed by atoms with E-state index in [0.717, 1.165) is 8.81 Å². The number of benzene rings is 1. The van der Waals surface area contributed by atoms with Crippen LogP contribution in [0.4, 0.5) is 0 Å². The molecule has 0 fully saturated rings. The second-order valence-corrected chi connectivity index (χ2v) is 6.97. The van der Waals surface area contributed by atoms with Crippen LogP contribution in [0.2, 0.25) is 4.34 Å². The highest BCUT2D eigenvalue weighted by Crippen LogP contribution is 2.28. The van der Waals surface area contributed by atoms with Gasteiger partial charge in [-0.25, -0.2) is 0 Å². The Hall–Kier alpha value is -0.350. The van der Waals surface area contributed by atoms with Crippen LogP contribution in [0, 0.1) is 0 Å². The molecule has 0 aliphatic rings. The molecule has 0 spiro atoms. The van der Waals surface area contributed by atoms with E-state index in [-0.39, 0.29) is 0 Å². The van der Waals surface area contributed by atoms with Gasteiger partial charge in [-0.1, -0.05) is 39.7 Å². The van der Waals surface area contributed by atoms with Crippen molar-refractivity contribution in [2.75, 3.05) is 0 Å². The van der Waals surface area contributed by atoms with E-state index in [0.29, 0.717) is 12.1 Å². The Morgan fingerprint density at radius 1 is 1.17 bits per heavy atom. The number of hydrogen-bond acceptors (Lipinski definition) is 2. The van der Waals surface area contributed by atoms with Gasteiger partial charge in [0.1, 0.15) is 0 Å². The molecule has 0 aliphatic carbocycles. The van der Waals surface area contributed by atoms with Gasteiger partial charge in [0, 0.05) is 21.4 Å². The normalized spacial score (nSPS) is 14.4. The quantitative estimate of drug-likeness (QED) is 0.764. The van der Waals surface area contributed by atoms with Gasteiger partial charge < -0.3 is 5.32 Å². The van der Waals surface area contributed by atoms with Crippen LogP contribution in [-0.4, -0.2) is 0 Å². The molecule has 1 aromatic heterocycles. The highest BCUT2D eigenvalue weighted by molar-refractivity contribution is 9.10. The molecule has 0 saturated heterocycles. The second kappa shape index (κ2) is 6.20. The van der Waals surface area contributed by atoms with Crippen molar-refractivity contribution in [2.24, 2.45) is 0 Å². The van der Waals surface area contributed by atoms with Crippen LogP contribution in [0.15, 0.2) is 40.9 Å². The Morgan fingerprint density at radius 2 is 1.94 bits per heavy atom. The van der Waals surface area contributed by atoms with Gasteiger partial charge in [-0.3, -0.25) is 0 Å². The lowest BCUT2D eigenvalue weighted by Crippen LogP contribution is -2.21. The minimum atomic E-state index is 0.302. The lowest BCUT2D eigenvalue weighted by atomic mass is 10.1. The molecule has 4 heteroatoms. The van der Waals surface area contributed by atoms with E-state index in [1.54, 1.807) is 11.3 Å². The van der Waals surface area contributed by atoms with Gasteiger partial charge in [-0.05, 0) is 43.7 Å². The Morgan fingerprint density at radius 3 is 2.56 bits per heavy atom. The molecule has 0 radical (unpaired) electrons. The summed E-state index contributed by atoms with van der Waals surface area (Å²) in [5.74, 6) is 0. The summed E-state index contributed by atoms with van der Waals surface area (Å²) in [5, 5.41) is 3.58. The summed E-state index contributed by atoms with van der Waals surface area (Å²) in [4.78, 5) is 1.27. The van der Waals surface area contributed by atoms with E-state index in [2.05, 4.69) is 59.4 Å². The molecule has 0 bridgehead atoms. The van der Waals surface area contributed by atoms with Crippen LogP contribution in [0.1, 0.15) is 36.4 Å². The highest BCUT2D eigenvalue weighted by Gasteiger charge is 2.12. The summed E-state index contributed by atoms with van der Waals surface area (Å²) in [6, 6.07) is 13.0. The van der Waals surface area contributed by atoms with Crippen molar-refractivity contribution in [1.82, 2.24) is 5.32 Å². The first kappa shape index (κ1) is 14.1. The van der Waals surface area contributed by atoms with Gasteiger partial charge in [0.2, 0.25) is 0 Å². The van der Waals surface area contributed by atoms with E-state index in [1.807, 2.05) is 12.1 Å². The van der Waals surface area contributed by atoms with E-state index >= 15 is 0 Å². The number of rotatable bonds is 4. The van der Waals surface area contributed by atoms with Crippen molar-refractivity contribution < 1.29 is 0 Å². The smallest absolute Gasteiger partial charge is 0.0931 e. The Kier molecular flexibility index (Phi) is 4.84. The molecule has 0 aliphatic heterocycles. The average Bonchev–Trinajstić information content (AvgIpc) is 2.76. The summed E-state index contributed by atoms with van der Waals surface area (Å²) in [5.41, 5.74) is 1.28. The van der Waals surface area contributed by atoms with E-state index in [4.69, 9.17) is 11.6 Å². The maximum atomic E-state index is 5.96. The van der Waals surface area contributed by atoms with Gasteiger partial charge >= 0.3 is 0 Å². The number of halogens is 2. The zero-order chi connectivity index (χ0) is 13.1. The molecule has 1 heterocycles. The summed E-state index contributed by atoms with van der Waals surface area (Å²) in [7, 11) is 0. The lowest BCUT2D eigenvalue weighted by Gasteiger charge is -2.19. The monoisotopic (exact) mass is 343 g/mol. The minimum absolute atomic E-state index is 0.302. The fraction of sp³-hybridized carbons (Fsp3) is 0.286. The van der Waals surface area contributed by atoms with Crippen molar-refractivity contribution in [3.05, 3.63) is 55.6 Å². The molecular weight excluding hydrogens is 330 g/mol. The standard InChI is InChI=1S/C14H15BrClNS/c1-9(11-4-3-5-12(15)8-11)17-10(2)13-6-7-14(16)18-13/h3-10,17H,1-2H3/t9-,10?/m0/s1. The maximum absolute atomic E-state index is 5.96. The number of nitrogens with one attached hydrogen (secondary N) is 1. The predicted octanol–water partition coefficient (Wildman–Crippen LogP) is 5.58. The summed E-state index contributed by atoms with van der Waals surface area (Å²) in [6.07, 6.45) is 0. The molecule has 2 aromatic rings. The molecule has 96 valence electrons. The molecule has 18 heavy (non-hydrogen) atoms. The Bertz CT molecular complexity index is 526. The first-order chi connectivity index (χ1) is 8.56. The Balaban J connectivity index is 2.05. The Labute approximate surface area is 125 Å². The molecule has 0 amide bonds. The molecular formula is C14H15BrClNS. The van der Waals surface area contributed by atoms with Crippen molar-refractivity contribution in [1.29, 1.82) is 0 Å². The SMILES string of the molecule is CC(N[C@@H](C)c1cccc(Br)c1)c1ccc(Cl)s1. The van der Waals surface area contributed by atoms with Gasteiger partial charge in [0.25, 0.3) is 0 Å². The maximum Gasteiger partial charge on any atom is 0.0931 e. The molecule has 1 N–H and O–H groups in total. The third kappa shape index (κ3) is 3.58. The fourth-order valence-electron chi connectivity index (χ4n) is 1.89. The number of thiophene rings is 1. The third-order valence-electron chi connectivity index (χ3n) is 2.87. The largest absolute Gasteiger partial charge is 0.303 e. The first-order valence-electron chi connectivity index (χ1n) is 5.83. The van der Waals surface area contributed by atoms with E-state index in [9.17, 15) is 0 Å². The fourth-order valence-corrected chi connectivity index (χ4v) is 3.38. The highest BCUT2D eigenvalue weighted by atomic mass is 79.9. The van der Waals surface area contributed by atoms with Crippen molar-refractivity contribution in [2.45, 2.75) is 25.9 Å². The van der Waals surface area contributed by atoms with Crippen molar-refractivity contribution in [3.8, 4) is 0 Å². The molecule has 1 nitrogen and oxygen atoms in total. The zero-order valence-corrected chi connectivity index (χ0v) is 13.4. The van der Waals surface area contributed by atoms with Crippen LogP contribution in [0.25, 0.3) is 0 Å². The van der Waals surface area contributed by atoms with Crippen molar-refractivity contribution in [3.63, 3.8) is 0 Å². The second-order valence-electron chi connectivity index (χ2n) is 4.31. The third-order valence-corrected chi connectivity index (χ3v) is 4.78. The molecule has 1 aromatic carbocycles. The van der Waals surface area contributed by atoms with Crippen LogP contribution in [-0.2, 0) is 0 Å². The summed E-state index contributed by atoms with van der Waals surface area (Å²) < 4.78 is 1.95. The zero-order valence-electron chi connectivity index (χ0n) is 10.3. The first-order valence-corrected chi connectivity index (χ1v) is 7.82. The van der Waals surface area contributed by atoms with Crippen LogP contribution < -0.4 is 5.32 Å². The predicted molar refractivity (Wildman–Crippen MR) is 83.4 cm³/mol. The van der Waals surface area contributed by atoms with Crippen LogP contribution in [0.5, 0.6) is 0 Å². The van der Waals surface area contributed by atoms with Crippen LogP contribution >= 0.6 is 38.9 Å². The molecule has 1 unspecified atom stereocenters. The van der Waals surface area contributed by atoms with Gasteiger partial charge in [-0.2, -0.15) is 0 Å². The van der Waals surface area contributed by atoms with Crippen LogP contribution in [0.3, 0.4) is 0 Å². The molecule has 2 rings (SSSR count). The average molecular weight is 345 g/mol. The minimum Gasteiger partial charge on any atom is -0.303 e. The summed E-state index contributed by atoms with van der Waals surface area (Å²) >= 11 is 11.1. The van der Waals surface area contributed by atoms with E-state index < -0.39 is 0 Å². The molecule has 0 saturated carbocycles. The van der Waals surface area contributed by atoms with Crippen molar-refractivity contribution >= 4 is 38.9 Å². The topological polar surface area (TPSA) is 12.0 Å². The van der Waals surface area contributed by atoms with E-state index in [1.165, 1.54) is 10.4 Å². The summed E-state index contributed by atoms with van der Waals surface area (Å²) in [6.45, 7) is 4.34. The number of hydrogen-bond donors (Lipinski definition) is 1. The molecule has 2 atom stereocenters.